The molecule has 132 valence electrons. The Morgan fingerprint density at radius 1 is 1.24 bits per heavy atom. The van der Waals surface area contributed by atoms with Gasteiger partial charge in [0.25, 0.3) is 0 Å². The maximum Gasteiger partial charge on any atom is 0.168 e. The molecule has 0 radical (unpaired) electrons. The van der Waals surface area contributed by atoms with E-state index in [-0.39, 0.29) is 17.2 Å². The van der Waals surface area contributed by atoms with Gasteiger partial charge in [-0.3, -0.25) is 9.78 Å². The Morgan fingerprint density at radius 3 is 2.68 bits per heavy atom. The average Bonchev–Trinajstić information content (AvgIpc) is 3.07. The molecule has 0 spiro atoms. The number of benzene rings is 1. The van der Waals surface area contributed by atoms with Crippen LogP contribution < -0.4 is 10.1 Å². The lowest BCUT2D eigenvalue weighted by Crippen LogP contribution is -2.23. The number of hydrogen-bond donors (Lipinski definition) is 1. The molecule has 1 unspecified atom stereocenters. The van der Waals surface area contributed by atoms with Crippen molar-refractivity contribution in [3.05, 3.63) is 59.2 Å². The van der Waals surface area contributed by atoms with Gasteiger partial charge in [0.1, 0.15) is 17.7 Å². The molecule has 2 atom stereocenters. The molecule has 4 nitrogen and oxygen atoms in total. The van der Waals surface area contributed by atoms with Crippen molar-refractivity contribution in [3.8, 4) is 5.75 Å². The summed E-state index contributed by atoms with van der Waals surface area (Å²) in [5, 5.41) is 3.17. The molecule has 1 aliphatic heterocycles. The van der Waals surface area contributed by atoms with Crippen molar-refractivity contribution in [2.45, 2.75) is 19.4 Å². The van der Waals surface area contributed by atoms with E-state index in [0.29, 0.717) is 18.2 Å². The highest BCUT2D eigenvalue weighted by Crippen LogP contribution is 2.35. The first-order chi connectivity index (χ1) is 12.0. The number of nitrogens with zero attached hydrogens (tertiary/aromatic N) is 1. The fourth-order valence-electron chi connectivity index (χ4n) is 3.02. The summed E-state index contributed by atoms with van der Waals surface area (Å²) in [7, 11) is 0. The minimum absolute atomic E-state index is 0.0622. The minimum atomic E-state index is -0.967. The van der Waals surface area contributed by atoms with Crippen LogP contribution in [0.2, 0.25) is 0 Å². The first kappa shape index (κ1) is 17.4. The number of pyridine rings is 1. The van der Waals surface area contributed by atoms with Crippen molar-refractivity contribution in [1.29, 1.82) is 0 Å². The summed E-state index contributed by atoms with van der Waals surface area (Å²) < 4.78 is 47.1. The SMILES string of the molecule is CC(=O)c1cc(F)cc(F)c1OC(c1cncc(F)c1)[C@H]1CCNC1. The molecule has 2 aromatic rings. The van der Waals surface area contributed by atoms with E-state index in [1.54, 1.807) is 0 Å². The summed E-state index contributed by atoms with van der Waals surface area (Å²) in [6.07, 6.45) is 2.53. The van der Waals surface area contributed by atoms with Crippen LogP contribution >= 0.6 is 0 Å². The Balaban J connectivity index is 2.03. The van der Waals surface area contributed by atoms with Gasteiger partial charge in [0, 0.05) is 30.3 Å². The second-order valence-corrected chi connectivity index (χ2v) is 6.05. The number of nitrogens with one attached hydrogen (secondary N) is 1. The van der Waals surface area contributed by atoms with Gasteiger partial charge >= 0.3 is 0 Å². The predicted octanol–water partition coefficient (Wildman–Crippen LogP) is 3.43. The molecule has 3 rings (SSSR count). The van der Waals surface area contributed by atoms with Gasteiger partial charge in [-0.2, -0.15) is 0 Å². The van der Waals surface area contributed by atoms with Gasteiger partial charge in [0.15, 0.2) is 17.3 Å². The van der Waals surface area contributed by atoms with E-state index in [1.807, 2.05) is 0 Å². The van der Waals surface area contributed by atoms with Crippen LogP contribution in [0, 0.1) is 23.4 Å². The van der Waals surface area contributed by atoms with E-state index >= 15 is 0 Å². The normalized spacial score (nSPS) is 18.2. The van der Waals surface area contributed by atoms with Crippen molar-refractivity contribution in [2.75, 3.05) is 13.1 Å². The third kappa shape index (κ3) is 3.82. The van der Waals surface area contributed by atoms with Gasteiger partial charge in [-0.05, 0) is 32.0 Å². The maximum absolute atomic E-state index is 14.3. The number of aromatic nitrogens is 1. The number of halogens is 3. The Hall–Kier alpha value is -2.41. The number of ketones is 1. The zero-order valence-electron chi connectivity index (χ0n) is 13.6. The molecule has 0 amide bonds. The van der Waals surface area contributed by atoms with Crippen molar-refractivity contribution < 1.29 is 22.7 Å². The molecule has 1 aliphatic rings. The topological polar surface area (TPSA) is 51.2 Å². The number of carbonyl (C=O) groups excluding carboxylic acids is 1. The van der Waals surface area contributed by atoms with Crippen LogP contribution in [0.1, 0.15) is 35.4 Å². The van der Waals surface area contributed by atoms with Gasteiger partial charge in [-0.15, -0.1) is 0 Å². The Labute approximate surface area is 143 Å². The summed E-state index contributed by atoms with van der Waals surface area (Å²) >= 11 is 0. The van der Waals surface area contributed by atoms with Crippen molar-refractivity contribution in [3.63, 3.8) is 0 Å². The second-order valence-electron chi connectivity index (χ2n) is 6.05. The minimum Gasteiger partial charge on any atom is -0.481 e. The van der Waals surface area contributed by atoms with Crippen LogP contribution in [0.5, 0.6) is 5.75 Å². The smallest absolute Gasteiger partial charge is 0.168 e. The van der Waals surface area contributed by atoms with Crippen molar-refractivity contribution >= 4 is 5.78 Å². The number of carbonyl (C=O) groups is 1. The van der Waals surface area contributed by atoms with Gasteiger partial charge in [0.2, 0.25) is 0 Å². The lowest BCUT2D eigenvalue weighted by molar-refractivity contribution is 0.0991. The fraction of sp³-hybridized carbons (Fsp3) is 0.333. The third-order valence-electron chi connectivity index (χ3n) is 4.21. The largest absolute Gasteiger partial charge is 0.481 e. The predicted molar refractivity (Wildman–Crippen MR) is 84.9 cm³/mol. The van der Waals surface area contributed by atoms with Crippen LogP contribution in [0.25, 0.3) is 0 Å². The number of Topliss-reactive ketones (excluding diaryl/α,β-unsaturated/α-hetero) is 1. The van der Waals surface area contributed by atoms with Gasteiger partial charge in [-0.1, -0.05) is 0 Å². The standard InChI is InChI=1S/C18H17F3N2O2/c1-10(24)15-5-13(19)6-16(21)18(15)25-17(11-2-3-22-7-11)12-4-14(20)9-23-8-12/h4-6,8-9,11,17,22H,2-3,7H2,1H3/t11-,17?/m0/s1. The number of ether oxygens (including phenoxy) is 1. The third-order valence-corrected chi connectivity index (χ3v) is 4.21. The molecule has 1 saturated heterocycles. The molecule has 1 fully saturated rings. The number of hydrogen-bond acceptors (Lipinski definition) is 4. The molecule has 1 N–H and O–H groups in total. The maximum atomic E-state index is 14.3. The highest BCUT2D eigenvalue weighted by Gasteiger charge is 2.31. The monoisotopic (exact) mass is 350 g/mol. The summed E-state index contributed by atoms with van der Waals surface area (Å²) in [4.78, 5) is 15.6. The average molecular weight is 350 g/mol. The van der Waals surface area contributed by atoms with E-state index in [9.17, 15) is 18.0 Å². The van der Waals surface area contributed by atoms with Gasteiger partial charge < -0.3 is 10.1 Å². The Kier molecular flexibility index (Phi) is 5.03. The van der Waals surface area contributed by atoms with Crippen molar-refractivity contribution in [2.24, 2.45) is 5.92 Å². The molecular formula is C18H17F3N2O2. The zero-order valence-corrected chi connectivity index (χ0v) is 13.6. The Bertz CT molecular complexity index is 792. The molecule has 0 saturated carbocycles. The molecule has 1 aromatic heterocycles. The summed E-state index contributed by atoms with van der Waals surface area (Å²) in [6.45, 7) is 2.55. The highest BCUT2D eigenvalue weighted by molar-refractivity contribution is 5.96. The first-order valence-corrected chi connectivity index (χ1v) is 7.93. The molecule has 1 aromatic carbocycles. The Morgan fingerprint density at radius 2 is 2.04 bits per heavy atom. The van der Waals surface area contributed by atoms with Crippen LogP contribution in [0.4, 0.5) is 13.2 Å². The lowest BCUT2D eigenvalue weighted by atomic mass is 9.95. The van der Waals surface area contributed by atoms with E-state index in [1.165, 1.54) is 19.2 Å². The van der Waals surface area contributed by atoms with Gasteiger partial charge in [-0.25, -0.2) is 13.2 Å². The summed E-state index contributed by atoms with van der Waals surface area (Å²) in [6, 6.07) is 2.87. The highest BCUT2D eigenvalue weighted by atomic mass is 19.1. The second kappa shape index (κ2) is 7.23. The first-order valence-electron chi connectivity index (χ1n) is 7.93. The molecular weight excluding hydrogens is 333 g/mol. The molecule has 25 heavy (non-hydrogen) atoms. The van der Waals surface area contributed by atoms with E-state index < -0.39 is 29.3 Å². The number of rotatable bonds is 5. The molecule has 0 aliphatic carbocycles. The quantitative estimate of drug-likeness (QED) is 0.840. The van der Waals surface area contributed by atoms with Crippen LogP contribution in [-0.4, -0.2) is 23.9 Å². The molecule has 0 bridgehead atoms. The van der Waals surface area contributed by atoms with Crippen LogP contribution in [0.3, 0.4) is 0 Å². The summed E-state index contributed by atoms with van der Waals surface area (Å²) in [5.74, 6) is -3.27. The van der Waals surface area contributed by atoms with E-state index in [0.717, 1.165) is 25.2 Å². The fourth-order valence-corrected chi connectivity index (χ4v) is 3.02. The summed E-state index contributed by atoms with van der Waals surface area (Å²) in [5.41, 5.74) is 0.254. The zero-order chi connectivity index (χ0) is 18.0. The van der Waals surface area contributed by atoms with Crippen molar-refractivity contribution in [1.82, 2.24) is 10.3 Å². The molecule has 7 heteroatoms. The van der Waals surface area contributed by atoms with Crippen LogP contribution in [0.15, 0.2) is 30.6 Å². The lowest BCUT2D eigenvalue weighted by Gasteiger charge is -2.25. The molecule has 2 heterocycles. The van der Waals surface area contributed by atoms with Crippen LogP contribution in [-0.2, 0) is 0 Å². The van der Waals surface area contributed by atoms with E-state index in [4.69, 9.17) is 4.74 Å². The van der Waals surface area contributed by atoms with E-state index in [2.05, 4.69) is 10.3 Å². The van der Waals surface area contributed by atoms with Gasteiger partial charge in [0.05, 0.1) is 11.8 Å².